The molecule has 156 valence electrons. The molecule has 4 heterocycles. The van der Waals surface area contributed by atoms with Crippen molar-refractivity contribution in [2.45, 2.75) is 45.2 Å². The van der Waals surface area contributed by atoms with E-state index in [0.29, 0.717) is 47.8 Å². The summed E-state index contributed by atoms with van der Waals surface area (Å²) in [6, 6.07) is 0. The molecule has 30 heavy (non-hydrogen) atoms. The second kappa shape index (κ2) is 6.65. The van der Waals surface area contributed by atoms with Gasteiger partial charge in [0, 0.05) is 31.7 Å². The van der Waals surface area contributed by atoms with E-state index in [1.807, 2.05) is 30.8 Å². The smallest absolute Gasteiger partial charge is 0.258 e. The van der Waals surface area contributed by atoms with Crippen molar-refractivity contribution < 1.29 is 9.21 Å². The van der Waals surface area contributed by atoms with Crippen molar-refractivity contribution in [3.8, 4) is 0 Å². The van der Waals surface area contributed by atoms with Gasteiger partial charge < -0.3 is 19.5 Å². The van der Waals surface area contributed by atoms with Crippen molar-refractivity contribution in [2.75, 3.05) is 30.9 Å². The number of amides is 1. The van der Waals surface area contributed by atoms with Gasteiger partial charge in [-0.1, -0.05) is 0 Å². The predicted octanol–water partition coefficient (Wildman–Crippen LogP) is 2.55. The van der Waals surface area contributed by atoms with Gasteiger partial charge >= 0.3 is 0 Å². The molecule has 0 aromatic carbocycles. The van der Waals surface area contributed by atoms with Gasteiger partial charge in [0.2, 0.25) is 5.71 Å². The number of furan rings is 1. The van der Waals surface area contributed by atoms with Crippen molar-refractivity contribution >= 4 is 28.6 Å². The normalized spacial score (nSPS) is 17.0. The van der Waals surface area contributed by atoms with Gasteiger partial charge in [0.25, 0.3) is 5.91 Å². The fourth-order valence-corrected chi connectivity index (χ4v) is 4.05. The van der Waals surface area contributed by atoms with Crippen LogP contribution >= 0.6 is 0 Å². The Balaban J connectivity index is 1.51. The average molecular weight is 407 g/mol. The fraction of sp³-hybridized carbons (Fsp3) is 0.476. The maximum atomic E-state index is 13.6. The number of rotatable bonds is 4. The molecule has 3 aromatic heterocycles. The van der Waals surface area contributed by atoms with Crippen LogP contribution in [0.4, 0.5) is 11.6 Å². The number of nitrogens with zero attached hydrogens (tertiary/aromatic N) is 6. The van der Waals surface area contributed by atoms with Crippen LogP contribution in [0.2, 0.25) is 0 Å². The number of hydrogen-bond acceptors (Lipinski definition) is 8. The van der Waals surface area contributed by atoms with Crippen LogP contribution < -0.4 is 10.2 Å². The number of carbonyl (C=O) groups is 1. The number of fused-ring (bicyclic) bond motifs is 2. The second-order valence-corrected chi connectivity index (χ2v) is 8.61. The molecule has 2 aliphatic rings. The first-order valence-corrected chi connectivity index (χ1v) is 10.2. The van der Waals surface area contributed by atoms with Gasteiger partial charge in [0.1, 0.15) is 30.1 Å². The maximum Gasteiger partial charge on any atom is 0.258 e. The summed E-state index contributed by atoms with van der Waals surface area (Å²) in [7, 11) is 3.94. The molecule has 0 radical (unpaired) electrons. The minimum atomic E-state index is -0.0827. The van der Waals surface area contributed by atoms with Gasteiger partial charge in [0.05, 0.1) is 23.2 Å². The Kier molecular flexibility index (Phi) is 4.16. The van der Waals surface area contributed by atoms with Crippen LogP contribution in [0.5, 0.6) is 0 Å². The number of aryl methyl sites for hydroxylation is 1. The third-order valence-corrected chi connectivity index (χ3v) is 5.99. The quantitative estimate of drug-likeness (QED) is 0.704. The second-order valence-electron chi connectivity index (χ2n) is 8.61. The summed E-state index contributed by atoms with van der Waals surface area (Å²) in [5, 5.41) is 4.14. The zero-order valence-electron chi connectivity index (χ0n) is 17.7. The summed E-state index contributed by atoms with van der Waals surface area (Å²) < 4.78 is 5.84. The predicted molar refractivity (Wildman–Crippen MR) is 113 cm³/mol. The standard InChI is InChI=1S/C21H25N7O2/c1-12-15(16-17(26-21(2)6-7-21)23-11-25-19(16)30-12)20(29)28-8-5-13-14(9-28)22-10-24-18(13)27(3)4/h10-11H,5-9H2,1-4H3,(H,23,25,26). The molecule has 1 amide bonds. The monoisotopic (exact) mass is 407 g/mol. The van der Waals surface area contributed by atoms with E-state index in [9.17, 15) is 4.79 Å². The highest BCUT2D eigenvalue weighted by atomic mass is 16.3. The molecule has 0 atom stereocenters. The zero-order chi connectivity index (χ0) is 21.0. The van der Waals surface area contributed by atoms with Gasteiger partial charge in [-0.15, -0.1) is 0 Å². The molecule has 0 saturated heterocycles. The molecule has 1 aliphatic carbocycles. The third-order valence-electron chi connectivity index (χ3n) is 5.99. The van der Waals surface area contributed by atoms with E-state index in [4.69, 9.17) is 4.42 Å². The molecule has 3 aromatic rings. The summed E-state index contributed by atoms with van der Waals surface area (Å²) in [6.07, 6.45) is 5.91. The lowest BCUT2D eigenvalue weighted by atomic mass is 10.0. The molecule has 9 nitrogen and oxygen atoms in total. The number of hydrogen-bond donors (Lipinski definition) is 1. The number of anilines is 2. The summed E-state index contributed by atoms with van der Waals surface area (Å²) in [4.78, 5) is 34.9. The first-order chi connectivity index (χ1) is 14.4. The van der Waals surface area contributed by atoms with Crippen LogP contribution in [0.15, 0.2) is 17.1 Å². The number of carbonyl (C=O) groups excluding carboxylic acids is 1. The number of nitrogens with one attached hydrogen (secondary N) is 1. The molecule has 0 bridgehead atoms. The van der Waals surface area contributed by atoms with E-state index < -0.39 is 0 Å². The van der Waals surface area contributed by atoms with Gasteiger partial charge in [-0.25, -0.2) is 19.9 Å². The summed E-state index contributed by atoms with van der Waals surface area (Å²) in [6.45, 7) is 5.00. The average Bonchev–Trinajstić information content (AvgIpc) is 3.34. The summed E-state index contributed by atoms with van der Waals surface area (Å²) in [5.74, 6) is 2.05. The van der Waals surface area contributed by atoms with Gasteiger partial charge in [-0.05, 0) is 33.1 Å². The van der Waals surface area contributed by atoms with Crippen LogP contribution in [0.25, 0.3) is 11.1 Å². The minimum Gasteiger partial charge on any atom is -0.442 e. The van der Waals surface area contributed by atoms with E-state index in [2.05, 4.69) is 32.2 Å². The Morgan fingerprint density at radius 2 is 1.97 bits per heavy atom. The molecule has 1 aliphatic heterocycles. The molecule has 9 heteroatoms. The summed E-state index contributed by atoms with van der Waals surface area (Å²) in [5.41, 5.74) is 2.98. The van der Waals surface area contributed by atoms with Crippen molar-refractivity contribution in [1.29, 1.82) is 0 Å². The Hall–Kier alpha value is -3.23. The van der Waals surface area contributed by atoms with Crippen LogP contribution in [-0.4, -0.2) is 56.9 Å². The Morgan fingerprint density at radius 1 is 1.20 bits per heavy atom. The van der Waals surface area contributed by atoms with E-state index in [1.165, 1.54) is 6.33 Å². The van der Waals surface area contributed by atoms with Crippen molar-refractivity contribution in [3.63, 3.8) is 0 Å². The Labute approximate surface area is 174 Å². The highest BCUT2D eigenvalue weighted by Gasteiger charge is 2.39. The van der Waals surface area contributed by atoms with Gasteiger partial charge in [-0.3, -0.25) is 4.79 Å². The van der Waals surface area contributed by atoms with Crippen molar-refractivity contribution in [1.82, 2.24) is 24.8 Å². The number of aromatic nitrogens is 4. The maximum absolute atomic E-state index is 13.6. The topological polar surface area (TPSA) is 100 Å². The molecule has 0 spiro atoms. The lowest BCUT2D eigenvalue weighted by molar-refractivity contribution is 0.0731. The van der Waals surface area contributed by atoms with Crippen molar-refractivity contribution in [2.24, 2.45) is 0 Å². The largest absolute Gasteiger partial charge is 0.442 e. The lowest BCUT2D eigenvalue weighted by Gasteiger charge is -2.30. The molecular weight excluding hydrogens is 382 g/mol. The minimum absolute atomic E-state index is 0.0241. The van der Waals surface area contributed by atoms with Crippen LogP contribution in [0.3, 0.4) is 0 Å². The fourth-order valence-electron chi connectivity index (χ4n) is 4.05. The van der Waals surface area contributed by atoms with Gasteiger partial charge in [0.15, 0.2) is 0 Å². The molecule has 0 unspecified atom stereocenters. The Morgan fingerprint density at radius 3 is 2.70 bits per heavy atom. The van der Waals surface area contributed by atoms with E-state index in [1.54, 1.807) is 6.33 Å². The van der Waals surface area contributed by atoms with E-state index in [-0.39, 0.29) is 11.4 Å². The first-order valence-electron chi connectivity index (χ1n) is 10.2. The highest BCUT2D eigenvalue weighted by Crippen LogP contribution is 2.40. The van der Waals surface area contributed by atoms with E-state index in [0.717, 1.165) is 29.9 Å². The third kappa shape index (κ3) is 3.05. The van der Waals surface area contributed by atoms with Crippen LogP contribution in [0, 0.1) is 6.92 Å². The molecule has 1 N–H and O–H groups in total. The molecule has 5 rings (SSSR count). The molecule has 1 fully saturated rings. The van der Waals surface area contributed by atoms with Crippen molar-refractivity contribution in [3.05, 3.63) is 35.2 Å². The molecule has 1 saturated carbocycles. The SMILES string of the molecule is Cc1oc2ncnc(NC3(C)CC3)c2c1C(=O)N1CCc2c(ncnc2N(C)C)C1. The van der Waals surface area contributed by atoms with E-state index >= 15 is 0 Å². The Bertz CT molecular complexity index is 1150. The lowest BCUT2D eigenvalue weighted by Crippen LogP contribution is -2.37. The molecular formula is C21H25N7O2. The van der Waals surface area contributed by atoms with Crippen LogP contribution in [0.1, 0.15) is 47.1 Å². The zero-order valence-corrected chi connectivity index (χ0v) is 17.7. The highest BCUT2D eigenvalue weighted by molar-refractivity contribution is 6.10. The first kappa shape index (κ1) is 18.8. The summed E-state index contributed by atoms with van der Waals surface area (Å²) >= 11 is 0. The van der Waals surface area contributed by atoms with Gasteiger partial charge in [-0.2, -0.15) is 0 Å². The van der Waals surface area contributed by atoms with Crippen LogP contribution in [-0.2, 0) is 13.0 Å².